The monoisotopic (exact) mass is 570 g/mol. The van der Waals surface area contributed by atoms with Crippen molar-refractivity contribution in [1.82, 2.24) is 9.88 Å². The van der Waals surface area contributed by atoms with Crippen LogP contribution < -0.4 is 10.1 Å². The Morgan fingerprint density at radius 3 is 2.74 bits per heavy atom. The Balaban J connectivity index is 1.32. The van der Waals surface area contributed by atoms with E-state index in [-0.39, 0.29) is 18.1 Å². The first-order chi connectivity index (χ1) is 20.5. The summed E-state index contributed by atoms with van der Waals surface area (Å²) in [6.07, 6.45) is 4.02. The predicted octanol–water partition coefficient (Wildman–Crippen LogP) is 5.57. The van der Waals surface area contributed by atoms with Gasteiger partial charge < -0.3 is 30.0 Å². The Morgan fingerprint density at radius 1 is 1.17 bits per heavy atom. The summed E-state index contributed by atoms with van der Waals surface area (Å²) in [6, 6.07) is 18.7. The van der Waals surface area contributed by atoms with Gasteiger partial charge in [0.05, 0.1) is 12.3 Å². The molecule has 1 aromatic heterocycles. The summed E-state index contributed by atoms with van der Waals surface area (Å²) in [5.74, 6) is -0.149. The van der Waals surface area contributed by atoms with Crippen molar-refractivity contribution < 1.29 is 24.1 Å². The fourth-order valence-corrected chi connectivity index (χ4v) is 5.60. The number of ether oxygens (including phenoxy) is 3. The van der Waals surface area contributed by atoms with Crippen molar-refractivity contribution in [1.29, 1.82) is 5.41 Å². The van der Waals surface area contributed by atoms with Crippen LogP contribution in [0.25, 0.3) is 11.3 Å². The number of aryl methyl sites for hydroxylation is 1. The first-order valence-electron chi connectivity index (χ1n) is 14.5. The molecule has 220 valence electrons. The molecule has 0 amide bonds. The zero-order chi connectivity index (χ0) is 29.5. The van der Waals surface area contributed by atoms with Crippen molar-refractivity contribution in [2.75, 3.05) is 31.7 Å². The summed E-state index contributed by atoms with van der Waals surface area (Å²) in [4.78, 5) is 18.9. The van der Waals surface area contributed by atoms with Crippen molar-refractivity contribution in [2.24, 2.45) is 0 Å². The van der Waals surface area contributed by atoms with E-state index in [0.29, 0.717) is 24.2 Å². The van der Waals surface area contributed by atoms with Crippen LogP contribution in [0.3, 0.4) is 0 Å². The number of hydrogen-bond donors (Lipinski definition) is 3. The van der Waals surface area contributed by atoms with E-state index in [1.165, 1.54) is 11.1 Å². The van der Waals surface area contributed by atoms with E-state index in [9.17, 15) is 9.90 Å². The maximum atomic E-state index is 11.6. The Labute approximate surface area is 246 Å². The summed E-state index contributed by atoms with van der Waals surface area (Å²) < 4.78 is 17.5. The molecule has 9 nitrogen and oxygen atoms in total. The Hall–Kier alpha value is -4.21. The fourth-order valence-electron chi connectivity index (χ4n) is 5.60. The molecule has 0 unspecified atom stereocenters. The van der Waals surface area contributed by atoms with Gasteiger partial charge in [0.2, 0.25) is 5.88 Å². The fraction of sp³-hybridized carbons (Fsp3) is 0.364. The highest BCUT2D eigenvalue weighted by molar-refractivity contribution is 6.08. The average molecular weight is 571 g/mol. The van der Waals surface area contributed by atoms with Gasteiger partial charge in [-0.05, 0) is 73.6 Å². The van der Waals surface area contributed by atoms with Gasteiger partial charge in [0.25, 0.3) is 0 Å². The third-order valence-electron chi connectivity index (χ3n) is 7.79. The van der Waals surface area contributed by atoms with Crippen molar-refractivity contribution >= 4 is 18.0 Å². The van der Waals surface area contributed by atoms with Gasteiger partial charge in [0.15, 0.2) is 0 Å². The number of benzene rings is 2. The summed E-state index contributed by atoms with van der Waals surface area (Å²) in [5, 5.41) is 19.9. The molecular weight excluding hydrogens is 532 g/mol. The molecule has 0 atom stereocenters. The highest BCUT2D eigenvalue weighted by Gasteiger charge is 2.25. The van der Waals surface area contributed by atoms with Crippen LogP contribution in [-0.2, 0) is 33.8 Å². The second kappa shape index (κ2) is 13.6. The number of aromatic nitrogens is 1. The molecule has 0 bridgehead atoms. The number of aliphatic carboxylic acids is 1. The van der Waals surface area contributed by atoms with E-state index in [2.05, 4.69) is 28.4 Å². The Bertz CT molecular complexity index is 1460. The van der Waals surface area contributed by atoms with Crippen LogP contribution in [0, 0.1) is 12.3 Å². The lowest BCUT2D eigenvalue weighted by molar-refractivity contribution is -0.132. The molecule has 42 heavy (non-hydrogen) atoms. The molecule has 1 saturated heterocycles. The predicted molar refractivity (Wildman–Crippen MR) is 162 cm³/mol. The summed E-state index contributed by atoms with van der Waals surface area (Å²) >= 11 is 0. The lowest BCUT2D eigenvalue weighted by Crippen LogP contribution is -2.42. The van der Waals surface area contributed by atoms with Crippen molar-refractivity contribution in [2.45, 2.75) is 52.3 Å². The molecule has 0 saturated carbocycles. The van der Waals surface area contributed by atoms with Crippen molar-refractivity contribution in [3.63, 3.8) is 0 Å². The van der Waals surface area contributed by atoms with E-state index in [0.717, 1.165) is 74.2 Å². The van der Waals surface area contributed by atoms with Crippen LogP contribution in [0.15, 0.2) is 66.1 Å². The van der Waals surface area contributed by atoms with Crippen LogP contribution in [0.5, 0.6) is 5.75 Å². The topological polar surface area (TPSA) is 117 Å². The highest BCUT2D eigenvalue weighted by atomic mass is 16.5. The van der Waals surface area contributed by atoms with Crippen LogP contribution >= 0.6 is 0 Å². The van der Waals surface area contributed by atoms with Gasteiger partial charge in [-0.15, -0.1) is 0 Å². The zero-order valence-corrected chi connectivity index (χ0v) is 24.2. The minimum absolute atomic E-state index is 0.0337. The van der Waals surface area contributed by atoms with Crippen LogP contribution in [0.1, 0.15) is 42.0 Å². The van der Waals surface area contributed by atoms with Gasteiger partial charge in [-0.25, -0.2) is 9.78 Å². The summed E-state index contributed by atoms with van der Waals surface area (Å²) in [6.45, 7) is 8.23. The first kappa shape index (κ1) is 29.3. The van der Waals surface area contributed by atoms with Crippen LogP contribution in [0.2, 0.25) is 0 Å². The standard InChI is InChI=1S/C33H38N4O5/c1-3-41-32(28(19-34)33(38)39)36-30-9-5-8-29(35-30)27-7-4-6-22(2)31(27)42-21-23-10-11-25-20-37(15-12-24(25)18-23)26-13-16-40-17-14-26/h4-11,18-19,26,34H,3,12-17,20-21H2,1-2H3,(H,35,36)(H,38,39)/b32-28-,34-19?. The molecule has 3 N–H and O–H groups in total. The van der Waals surface area contributed by atoms with Crippen molar-refractivity contribution in [3.05, 3.63) is 88.3 Å². The largest absolute Gasteiger partial charge is 0.488 e. The van der Waals surface area contributed by atoms with E-state index >= 15 is 0 Å². The van der Waals surface area contributed by atoms with Gasteiger partial charge in [-0.1, -0.05) is 36.4 Å². The van der Waals surface area contributed by atoms with Gasteiger partial charge in [-0.2, -0.15) is 0 Å². The molecular formula is C33H38N4O5. The number of carboxylic acids is 1. The van der Waals surface area contributed by atoms with E-state index < -0.39 is 5.97 Å². The summed E-state index contributed by atoms with van der Waals surface area (Å²) in [5.41, 5.74) is 6.13. The number of nitrogens with one attached hydrogen (secondary N) is 2. The first-order valence-corrected chi connectivity index (χ1v) is 14.5. The lowest BCUT2D eigenvalue weighted by atomic mass is 9.95. The molecule has 3 heterocycles. The van der Waals surface area contributed by atoms with Gasteiger partial charge in [-0.3, -0.25) is 4.90 Å². The maximum absolute atomic E-state index is 11.6. The average Bonchev–Trinajstić information content (AvgIpc) is 3.01. The molecule has 0 aliphatic carbocycles. The number of rotatable bonds is 11. The normalized spacial score (nSPS) is 16.2. The highest BCUT2D eigenvalue weighted by Crippen LogP contribution is 2.34. The number of para-hydroxylation sites is 1. The lowest BCUT2D eigenvalue weighted by Gasteiger charge is -2.37. The minimum Gasteiger partial charge on any atom is -0.488 e. The number of carboxylic acid groups (broad SMARTS) is 1. The molecule has 0 radical (unpaired) electrons. The molecule has 5 rings (SSSR count). The molecule has 0 spiro atoms. The molecule has 2 aliphatic heterocycles. The number of pyridine rings is 1. The third kappa shape index (κ3) is 6.80. The van der Waals surface area contributed by atoms with Crippen molar-refractivity contribution in [3.8, 4) is 17.0 Å². The quantitative estimate of drug-likeness (QED) is 0.156. The second-order valence-corrected chi connectivity index (χ2v) is 10.6. The van der Waals surface area contributed by atoms with Crippen LogP contribution in [-0.4, -0.2) is 59.6 Å². The van der Waals surface area contributed by atoms with E-state index in [4.69, 9.17) is 24.6 Å². The second-order valence-electron chi connectivity index (χ2n) is 10.6. The van der Waals surface area contributed by atoms with E-state index in [1.807, 2.05) is 37.3 Å². The molecule has 1 fully saturated rings. The number of hydrogen-bond acceptors (Lipinski definition) is 8. The maximum Gasteiger partial charge on any atom is 0.342 e. The number of fused-ring (bicyclic) bond motifs is 1. The Kier molecular flexibility index (Phi) is 9.51. The third-order valence-corrected chi connectivity index (χ3v) is 7.79. The Morgan fingerprint density at radius 2 is 1.98 bits per heavy atom. The summed E-state index contributed by atoms with van der Waals surface area (Å²) in [7, 11) is 0. The SMILES string of the molecule is CCO/C(Nc1cccc(-c2cccc(C)c2OCc2ccc3c(c2)CCN(C2CCOCC2)C3)n1)=C(/C=N)C(=O)O. The number of nitrogens with zero attached hydrogens (tertiary/aromatic N) is 2. The van der Waals surface area contributed by atoms with Crippen LogP contribution in [0.4, 0.5) is 5.82 Å². The number of carbonyl (C=O) groups is 1. The van der Waals surface area contributed by atoms with Gasteiger partial charge in [0, 0.05) is 44.1 Å². The molecule has 9 heteroatoms. The molecule has 3 aromatic rings. The zero-order valence-electron chi connectivity index (χ0n) is 24.2. The smallest absolute Gasteiger partial charge is 0.342 e. The minimum atomic E-state index is -1.26. The number of anilines is 1. The van der Waals surface area contributed by atoms with Gasteiger partial charge >= 0.3 is 5.97 Å². The molecule has 2 aromatic carbocycles. The van der Waals surface area contributed by atoms with E-state index in [1.54, 1.807) is 13.0 Å². The molecule has 2 aliphatic rings. The van der Waals surface area contributed by atoms with Gasteiger partial charge in [0.1, 0.15) is 23.7 Å².